The first kappa shape index (κ1) is 14.4. The van der Waals surface area contributed by atoms with Crippen molar-refractivity contribution in [3.8, 4) is 0 Å². The Labute approximate surface area is 117 Å². The van der Waals surface area contributed by atoms with Crippen LogP contribution < -0.4 is 5.32 Å². The highest BCUT2D eigenvalue weighted by atomic mass is 32.2. The summed E-state index contributed by atoms with van der Waals surface area (Å²) in [5.41, 5.74) is 1.51. The minimum absolute atomic E-state index is 0.0233. The number of aliphatic hydroxyl groups is 1. The molecular formula is C12H16N2O3S2. The first-order valence-corrected chi connectivity index (χ1v) is 8.36. The zero-order chi connectivity index (χ0) is 14.0. The van der Waals surface area contributed by atoms with Crippen LogP contribution in [0.2, 0.25) is 0 Å². The molecule has 1 aromatic carbocycles. The minimum atomic E-state index is -3.65. The van der Waals surface area contributed by atoms with Crippen LogP contribution >= 0.6 is 11.8 Å². The van der Waals surface area contributed by atoms with E-state index in [0.29, 0.717) is 16.6 Å². The maximum atomic E-state index is 12.1. The standard InChI is InChI=1S/C12H16N2O3S2/c1-8(2)9-3-4-10-11(7-9)19(16,17)14-12(13-10)18-6-5-15/h3-4,7-8,15H,5-6H2,1-2H3,(H,13,14). The number of fused-ring (bicyclic) bond motifs is 1. The molecule has 1 aromatic rings. The van der Waals surface area contributed by atoms with Crippen LogP contribution in [0.4, 0.5) is 5.69 Å². The van der Waals surface area contributed by atoms with E-state index in [9.17, 15) is 8.42 Å². The average molecular weight is 300 g/mol. The smallest absolute Gasteiger partial charge is 0.286 e. The van der Waals surface area contributed by atoms with Gasteiger partial charge in [-0.1, -0.05) is 31.7 Å². The average Bonchev–Trinajstić information content (AvgIpc) is 2.35. The molecule has 104 valence electrons. The molecule has 0 aliphatic carbocycles. The number of nitrogens with one attached hydrogen (secondary N) is 1. The van der Waals surface area contributed by atoms with Crippen molar-refractivity contribution in [1.82, 2.24) is 0 Å². The maximum Gasteiger partial charge on any atom is 0.286 e. The Morgan fingerprint density at radius 3 is 2.79 bits per heavy atom. The predicted octanol–water partition coefficient (Wildman–Crippen LogP) is 2.01. The van der Waals surface area contributed by atoms with Crippen LogP contribution in [0.1, 0.15) is 25.3 Å². The number of nitrogens with zero attached hydrogens (tertiary/aromatic N) is 1. The number of hydrogen-bond donors (Lipinski definition) is 2. The molecule has 0 bridgehead atoms. The van der Waals surface area contributed by atoms with Crippen molar-refractivity contribution in [3.63, 3.8) is 0 Å². The summed E-state index contributed by atoms with van der Waals surface area (Å²) in [5.74, 6) is 0.662. The van der Waals surface area contributed by atoms with Crippen molar-refractivity contribution in [2.24, 2.45) is 4.40 Å². The highest BCUT2D eigenvalue weighted by Crippen LogP contribution is 2.32. The number of benzene rings is 1. The molecule has 0 aromatic heterocycles. The molecule has 0 fully saturated rings. The fraction of sp³-hybridized carbons (Fsp3) is 0.417. The summed E-state index contributed by atoms with van der Waals surface area (Å²) in [5, 5.41) is 12.0. The summed E-state index contributed by atoms with van der Waals surface area (Å²) in [4.78, 5) is 0.215. The number of anilines is 1. The fourth-order valence-electron chi connectivity index (χ4n) is 1.72. The molecule has 0 radical (unpaired) electrons. The molecule has 0 saturated heterocycles. The second-order valence-corrected chi connectivity index (χ2v) is 7.14. The van der Waals surface area contributed by atoms with E-state index in [1.165, 1.54) is 11.8 Å². The van der Waals surface area contributed by atoms with Gasteiger partial charge in [0.1, 0.15) is 4.90 Å². The van der Waals surface area contributed by atoms with E-state index in [-0.39, 0.29) is 17.4 Å². The van der Waals surface area contributed by atoms with Crippen molar-refractivity contribution in [2.75, 3.05) is 17.7 Å². The third kappa shape index (κ3) is 3.10. The molecule has 0 saturated carbocycles. The summed E-state index contributed by atoms with van der Waals surface area (Å²) < 4.78 is 28.0. The Kier molecular flexibility index (Phi) is 4.17. The van der Waals surface area contributed by atoms with Crippen molar-refractivity contribution in [3.05, 3.63) is 23.8 Å². The van der Waals surface area contributed by atoms with Gasteiger partial charge in [0.05, 0.1) is 12.3 Å². The predicted molar refractivity (Wildman–Crippen MR) is 78.3 cm³/mol. The van der Waals surface area contributed by atoms with Gasteiger partial charge in [0.2, 0.25) is 0 Å². The first-order valence-electron chi connectivity index (χ1n) is 5.93. The first-order chi connectivity index (χ1) is 8.94. The fourth-order valence-corrected chi connectivity index (χ4v) is 3.73. The molecule has 7 heteroatoms. The largest absolute Gasteiger partial charge is 0.396 e. The van der Waals surface area contributed by atoms with Crippen molar-refractivity contribution in [1.29, 1.82) is 0 Å². The second-order valence-electron chi connectivity index (χ2n) is 4.48. The highest BCUT2D eigenvalue weighted by Gasteiger charge is 2.25. The lowest BCUT2D eigenvalue weighted by atomic mass is 10.0. The van der Waals surface area contributed by atoms with Crippen molar-refractivity contribution < 1.29 is 13.5 Å². The van der Waals surface area contributed by atoms with Crippen LogP contribution in [0.25, 0.3) is 0 Å². The van der Waals surface area contributed by atoms with E-state index in [0.717, 1.165) is 5.56 Å². The maximum absolute atomic E-state index is 12.1. The summed E-state index contributed by atoms with van der Waals surface area (Å²) in [6, 6.07) is 5.33. The summed E-state index contributed by atoms with van der Waals surface area (Å²) in [6.45, 7) is 4.00. The lowest BCUT2D eigenvalue weighted by Gasteiger charge is -2.19. The lowest BCUT2D eigenvalue weighted by Crippen LogP contribution is -2.19. The molecule has 1 aliphatic rings. The SMILES string of the molecule is CC(C)c1ccc2c(c1)S(=O)(=O)N=C(SCCO)N2. The van der Waals surface area contributed by atoms with Gasteiger partial charge < -0.3 is 10.4 Å². The van der Waals surface area contributed by atoms with Gasteiger partial charge in [-0.2, -0.15) is 8.42 Å². The normalized spacial score (nSPS) is 16.7. The molecule has 2 N–H and O–H groups in total. The van der Waals surface area contributed by atoms with Gasteiger partial charge in [0, 0.05) is 5.75 Å². The summed E-state index contributed by atoms with van der Waals surface area (Å²) in [7, 11) is -3.65. The van der Waals surface area contributed by atoms with Crippen LogP contribution in [0.3, 0.4) is 0 Å². The summed E-state index contributed by atoms with van der Waals surface area (Å²) in [6.07, 6.45) is 0. The molecule has 0 atom stereocenters. The molecular weight excluding hydrogens is 284 g/mol. The number of amidine groups is 1. The molecule has 0 unspecified atom stereocenters. The van der Waals surface area contributed by atoms with E-state index >= 15 is 0 Å². The van der Waals surface area contributed by atoms with Gasteiger partial charge >= 0.3 is 0 Å². The van der Waals surface area contributed by atoms with Crippen LogP contribution in [0, 0.1) is 0 Å². The van der Waals surface area contributed by atoms with Gasteiger partial charge in [0.15, 0.2) is 5.17 Å². The molecule has 1 heterocycles. The molecule has 0 amide bonds. The third-order valence-electron chi connectivity index (χ3n) is 2.73. The number of aliphatic hydroxyl groups excluding tert-OH is 1. The van der Waals surface area contributed by atoms with E-state index in [4.69, 9.17) is 5.11 Å². The number of rotatable bonds is 3. The second kappa shape index (κ2) is 5.52. The van der Waals surface area contributed by atoms with E-state index in [2.05, 4.69) is 9.71 Å². The van der Waals surface area contributed by atoms with Crippen LogP contribution in [-0.4, -0.2) is 31.1 Å². The lowest BCUT2D eigenvalue weighted by molar-refractivity contribution is 0.323. The van der Waals surface area contributed by atoms with Gasteiger partial charge in [-0.05, 0) is 23.6 Å². The van der Waals surface area contributed by atoms with Crippen LogP contribution in [-0.2, 0) is 10.0 Å². The number of sulfonamides is 1. The number of hydrogen-bond acceptors (Lipinski definition) is 5. The molecule has 5 nitrogen and oxygen atoms in total. The highest BCUT2D eigenvalue weighted by molar-refractivity contribution is 8.14. The van der Waals surface area contributed by atoms with Crippen molar-refractivity contribution in [2.45, 2.75) is 24.7 Å². The summed E-state index contributed by atoms with van der Waals surface area (Å²) >= 11 is 1.18. The zero-order valence-electron chi connectivity index (χ0n) is 10.8. The monoisotopic (exact) mass is 300 g/mol. The van der Waals surface area contributed by atoms with Gasteiger partial charge in [0.25, 0.3) is 10.0 Å². The molecule has 0 spiro atoms. The Balaban J connectivity index is 2.40. The molecule has 2 rings (SSSR count). The van der Waals surface area contributed by atoms with E-state index < -0.39 is 10.0 Å². The Morgan fingerprint density at radius 2 is 2.16 bits per heavy atom. The third-order valence-corrected chi connectivity index (χ3v) is 5.01. The molecule has 1 aliphatic heterocycles. The molecule has 19 heavy (non-hydrogen) atoms. The van der Waals surface area contributed by atoms with Gasteiger partial charge in [-0.3, -0.25) is 0 Å². The van der Waals surface area contributed by atoms with E-state index in [1.807, 2.05) is 19.9 Å². The van der Waals surface area contributed by atoms with Crippen LogP contribution in [0.5, 0.6) is 0 Å². The van der Waals surface area contributed by atoms with E-state index in [1.54, 1.807) is 12.1 Å². The minimum Gasteiger partial charge on any atom is -0.396 e. The quantitative estimate of drug-likeness (QED) is 0.892. The Morgan fingerprint density at radius 1 is 1.42 bits per heavy atom. The van der Waals surface area contributed by atoms with Crippen LogP contribution in [0.15, 0.2) is 27.5 Å². The van der Waals surface area contributed by atoms with Gasteiger partial charge in [-0.15, -0.1) is 4.40 Å². The van der Waals surface area contributed by atoms with Gasteiger partial charge in [-0.25, -0.2) is 0 Å². The Hall–Kier alpha value is -1.05. The zero-order valence-corrected chi connectivity index (χ0v) is 12.4. The topological polar surface area (TPSA) is 78.8 Å². The Bertz CT molecular complexity index is 609. The van der Waals surface area contributed by atoms with Crippen molar-refractivity contribution >= 4 is 32.6 Å². The number of thioether (sulfide) groups is 1.